The first-order valence-electron chi connectivity index (χ1n) is 9.79. The first-order valence-corrected chi connectivity index (χ1v) is 12.2. The fraction of sp³-hybridized carbons (Fsp3) is 0.125. The molecule has 4 rings (SSSR count). The number of methoxy groups -OCH3 is 2. The van der Waals surface area contributed by atoms with Crippen LogP contribution in [0.15, 0.2) is 55.7 Å². The monoisotopic (exact) mass is 598 g/mol. The van der Waals surface area contributed by atoms with Crippen LogP contribution in [0, 0.1) is 22.7 Å². The van der Waals surface area contributed by atoms with Crippen molar-refractivity contribution in [1.29, 1.82) is 10.5 Å². The van der Waals surface area contributed by atoms with E-state index in [4.69, 9.17) is 15.2 Å². The van der Waals surface area contributed by atoms with E-state index in [1.54, 1.807) is 44.6 Å². The molecule has 10 heteroatoms. The number of hydrogen-bond donors (Lipinski definition) is 1. The molecule has 1 atom stereocenters. The fourth-order valence-corrected chi connectivity index (χ4v) is 6.02. The van der Waals surface area contributed by atoms with E-state index in [9.17, 15) is 15.3 Å². The maximum Gasteiger partial charge on any atom is 0.274 e. The van der Waals surface area contributed by atoms with E-state index in [0.29, 0.717) is 30.7 Å². The number of aromatic nitrogens is 1. The van der Waals surface area contributed by atoms with Crippen LogP contribution in [0.5, 0.6) is 11.5 Å². The standard InChI is InChI=1S/C24H16Br2N4O3S/c1-32-18-5-3-12(7-16(18)25)8-20-23(31)30-22(29)14(10-27)21(15(11-28)24(30)34-20)13-4-6-19(33-2)17(26)9-13/h3-9,21H,29H2,1-2H3/b20-8+. The Balaban J connectivity index is 2.00. The molecule has 170 valence electrons. The third kappa shape index (κ3) is 3.94. The lowest BCUT2D eigenvalue weighted by molar-refractivity contribution is 0.412. The van der Waals surface area contributed by atoms with E-state index in [-0.39, 0.29) is 22.5 Å². The summed E-state index contributed by atoms with van der Waals surface area (Å²) in [5, 5.41) is 20.0. The Kier molecular flexibility index (Phi) is 6.67. The number of nitriles is 2. The van der Waals surface area contributed by atoms with Gasteiger partial charge in [0.1, 0.15) is 22.0 Å². The van der Waals surface area contributed by atoms with Gasteiger partial charge in [-0.2, -0.15) is 10.5 Å². The number of nitrogens with two attached hydrogens (primary N) is 1. The maximum atomic E-state index is 13.3. The van der Waals surface area contributed by atoms with Crippen molar-refractivity contribution in [3.05, 3.63) is 81.6 Å². The van der Waals surface area contributed by atoms with E-state index in [0.717, 1.165) is 21.4 Å². The van der Waals surface area contributed by atoms with Crippen LogP contribution < -0.4 is 30.0 Å². The predicted octanol–water partition coefficient (Wildman–Crippen LogP) is 3.40. The second-order valence-electron chi connectivity index (χ2n) is 7.21. The lowest BCUT2D eigenvalue weighted by Crippen LogP contribution is -2.38. The zero-order valence-corrected chi connectivity index (χ0v) is 21.9. The van der Waals surface area contributed by atoms with Gasteiger partial charge in [-0.25, -0.2) is 0 Å². The first kappa shape index (κ1) is 23.8. The third-order valence-corrected chi connectivity index (χ3v) is 7.72. The highest BCUT2D eigenvalue weighted by Crippen LogP contribution is 2.38. The second-order valence-corrected chi connectivity index (χ2v) is 9.95. The topological polar surface area (TPSA) is 114 Å². The summed E-state index contributed by atoms with van der Waals surface area (Å²) < 4.78 is 14.0. The SMILES string of the molecule is COc1ccc(/C=c2/sc3n(c2=O)C(N)=C(C#N)C(c2ccc(OC)c(Br)c2)C=3C#N)cc1Br. The summed E-state index contributed by atoms with van der Waals surface area (Å²) in [6, 6.07) is 15.1. The van der Waals surface area contributed by atoms with E-state index < -0.39 is 5.92 Å². The molecule has 0 saturated carbocycles. The number of benzene rings is 2. The normalized spacial score (nSPS) is 15.5. The Hall–Kier alpha value is -3.31. The molecule has 2 N–H and O–H groups in total. The molecule has 3 aromatic rings. The zero-order chi connectivity index (χ0) is 24.6. The number of ether oxygens (including phenoxy) is 2. The minimum Gasteiger partial charge on any atom is -0.496 e. The van der Waals surface area contributed by atoms with Crippen LogP contribution in [-0.2, 0) is 0 Å². The van der Waals surface area contributed by atoms with Crippen molar-refractivity contribution in [3.8, 4) is 23.6 Å². The van der Waals surface area contributed by atoms with Crippen molar-refractivity contribution in [2.75, 3.05) is 14.2 Å². The van der Waals surface area contributed by atoms with Crippen LogP contribution in [0.2, 0.25) is 0 Å². The number of halogens is 2. The van der Waals surface area contributed by atoms with Gasteiger partial charge in [0.15, 0.2) is 0 Å². The Morgan fingerprint density at radius 2 is 1.65 bits per heavy atom. The zero-order valence-electron chi connectivity index (χ0n) is 17.9. The lowest BCUT2D eigenvalue weighted by Gasteiger charge is -2.22. The smallest absolute Gasteiger partial charge is 0.274 e. The fourth-order valence-electron chi connectivity index (χ4n) is 3.77. The molecule has 0 amide bonds. The van der Waals surface area contributed by atoms with E-state index in [1.165, 1.54) is 4.57 Å². The van der Waals surface area contributed by atoms with Gasteiger partial charge >= 0.3 is 0 Å². The van der Waals surface area contributed by atoms with Crippen molar-refractivity contribution in [2.24, 2.45) is 5.73 Å². The molecule has 0 spiro atoms. The molecule has 2 heterocycles. The van der Waals surface area contributed by atoms with Crippen LogP contribution in [0.25, 0.3) is 17.5 Å². The molecule has 1 unspecified atom stereocenters. The summed E-state index contributed by atoms with van der Waals surface area (Å²) in [6.07, 6.45) is 1.72. The second kappa shape index (κ2) is 9.51. The van der Waals surface area contributed by atoms with Gasteiger partial charge in [0.05, 0.1) is 56.9 Å². The molecule has 34 heavy (non-hydrogen) atoms. The van der Waals surface area contributed by atoms with Gasteiger partial charge in [0.25, 0.3) is 5.56 Å². The van der Waals surface area contributed by atoms with Gasteiger partial charge in [-0.15, -0.1) is 11.3 Å². The van der Waals surface area contributed by atoms with Gasteiger partial charge in [0.2, 0.25) is 0 Å². The van der Waals surface area contributed by atoms with Crippen LogP contribution in [0.4, 0.5) is 0 Å². The van der Waals surface area contributed by atoms with Gasteiger partial charge in [-0.1, -0.05) is 12.1 Å². The number of rotatable bonds is 4. The van der Waals surface area contributed by atoms with Gasteiger partial charge in [-0.3, -0.25) is 9.36 Å². The maximum absolute atomic E-state index is 13.3. The summed E-state index contributed by atoms with van der Waals surface area (Å²) in [7, 11) is 3.12. The lowest BCUT2D eigenvalue weighted by atomic mass is 9.84. The van der Waals surface area contributed by atoms with Crippen LogP contribution in [0.1, 0.15) is 17.0 Å². The minimum atomic E-state index is -0.710. The molecule has 0 fully saturated rings. The van der Waals surface area contributed by atoms with E-state index in [2.05, 4.69) is 44.0 Å². The van der Waals surface area contributed by atoms with Crippen molar-refractivity contribution >= 4 is 60.7 Å². The molecule has 0 saturated heterocycles. The van der Waals surface area contributed by atoms with Crippen LogP contribution in [0.3, 0.4) is 0 Å². The molecule has 0 radical (unpaired) electrons. The third-order valence-electron chi connectivity index (χ3n) is 5.37. The molecule has 1 aromatic heterocycles. The number of thiazole rings is 1. The number of fused-ring (bicyclic) bond motifs is 1. The number of allylic oxidation sites excluding steroid dienone is 1. The molecule has 0 bridgehead atoms. The van der Waals surface area contributed by atoms with E-state index >= 15 is 0 Å². The molecular weight excluding hydrogens is 584 g/mol. The van der Waals surface area contributed by atoms with Crippen LogP contribution >= 0.6 is 43.2 Å². The summed E-state index contributed by atoms with van der Waals surface area (Å²) in [4.78, 5) is 13.3. The van der Waals surface area contributed by atoms with Crippen molar-refractivity contribution in [3.63, 3.8) is 0 Å². The predicted molar refractivity (Wildman–Crippen MR) is 138 cm³/mol. The average Bonchev–Trinajstić information content (AvgIpc) is 3.15. The molecule has 7 nitrogen and oxygen atoms in total. The van der Waals surface area contributed by atoms with Crippen molar-refractivity contribution in [2.45, 2.75) is 5.92 Å². The highest BCUT2D eigenvalue weighted by molar-refractivity contribution is 9.10. The van der Waals surface area contributed by atoms with Gasteiger partial charge in [0, 0.05) is 0 Å². The molecular formula is C24H16Br2N4O3S. The van der Waals surface area contributed by atoms with Crippen molar-refractivity contribution < 1.29 is 9.47 Å². The summed E-state index contributed by atoms with van der Waals surface area (Å²) in [6.45, 7) is 0. The van der Waals surface area contributed by atoms with Gasteiger partial charge in [-0.05, 0) is 73.3 Å². The minimum absolute atomic E-state index is 0.0188. The largest absolute Gasteiger partial charge is 0.496 e. The first-order chi connectivity index (χ1) is 16.3. The highest BCUT2D eigenvalue weighted by atomic mass is 79.9. The van der Waals surface area contributed by atoms with Crippen molar-refractivity contribution in [1.82, 2.24) is 4.57 Å². The molecule has 2 aromatic carbocycles. The Bertz CT molecular complexity index is 1620. The summed E-state index contributed by atoms with van der Waals surface area (Å²) in [5.74, 6) is 0.589. The number of hydrogen-bond acceptors (Lipinski definition) is 7. The Morgan fingerprint density at radius 1 is 1.03 bits per heavy atom. The van der Waals surface area contributed by atoms with Gasteiger partial charge < -0.3 is 15.2 Å². The quantitative estimate of drug-likeness (QED) is 0.492. The molecule has 0 aliphatic carbocycles. The Labute approximate surface area is 215 Å². The molecule has 1 aliphatic rings. The average molecular weight is 600 g/mol. The van der Waals surface area contributed by atoms with E-state index in [1.807, 2.05) is 12.1 Å². The van der Waals surface area contributed by atoms with Crippen LogP contribution in [-0.4, -0.2) is 18.8 Å². The number of nitrogens with zero attached hydrogens (tertiary/aromatic N) is 3. The Morgan fingerprint density at radius 3 is 2.21 bits per heavy atom. The summed E-state index contributed by atoms with van der Waals surface area (Å²) >= 11 is 8.06. The highest BCUT2D eigenvalue weighted by Gasteiger charge is 2.32. The summed E-state index contributed by atoms with van der Waals surface area (Å²) in [5.41, 5.74) is 7.81. The molecule has 1 aliphatic heterocycles.